The van der Waals surface area contributed by atoms with Crippen molar-refractivity contribution in [3.05, 3.63) is 99.4 Å². The maximum atomic E-state index is 15.4. The summed E-state index contributed by atoms with van der Waals surface area (Å²) in [7, 11) is -10.9. The lowest BCUT2D eigenvalue weighted by Crippen LogP contribution is -2.32. The van der Waals surface area contributed by atoms with Gasteiger partial charge in [-0.25, -0.2) is 30.4 Å². The highest BCUT2D eigenvalue weighted by atomic mass is 32.2. The van der Waals surface area contributed by atoms with Gasteiger partial charge >= 0.3 is 0 Å². The molecule has 0 saturated carbocycles. The van der Waals surface area contributed by atoms with Gasteiger partial charge in [0.05, 0.1) is 16.7 Å². The molecule has 0 fully saturated rings. The number of nitrogens with one attached hydrogen (secondary N) is 3. The lowest BCUT2D eigenvalue weighted by molar-refractivity contribution is -0.118. The Bertz CT molecular complexity index is 3820. The van der Waals surface area contributed by atoms with Crippen LogP contribution in [-0.4, -0.2) is 77.4 Å². The van der Waals surface area contributed by atoms with Gasteiger partial charge in [0.15, 0.2) is 0 Å². The van der Waals surface area contributed by atoms with Crippen LogP contribution in [0.25, 0.3) is 33.4 Å². The Morgan fingerprint density at radius 3 is 1.58 bits per heavy atom. The second-order valence-electron chi connectivity index (χ2n) is 25.1. The summed E-state index contributed by atoms with van der Waals surface area (Å²) in [4.78, 5) is 31.2. The maximum absolute atomic E-state index is 15.4. The fourth-order valence-corrected chi connectivity index (χ4v) is 14.3. The fourth-order valence-electron chi connectivity index (χ4n) is 10.9. The minimum Gasteiger partial charge on any atom is -0.456 e. The quantitative estimate of drug-likeness (QED) is 0.0240. The number of hydrogen-bond acceptors (Lipinski definition) is 11. The predicted molar refractivity (Wildman–Crippen MR) is 340 cm³/mol. The highest BCUT2D eigenvalue weighted by Crippen LogP contribution is 2.47. The lowest BCUT2D eigenvalue weighted by atomic mass is 9.91. The van der Waals surface area contributed by atoms with Crippen LogP contribution in [0.2, 0.25) is 0 Å². The van der Waals surface area contributed by atoms with Crippen LogP contribution in [0.1, 0.15) is 166 Å². The summed E-state index contributed by atoms with van der Waals surface area (Å²) in [5.74, 6) is -0.342. The molecule has 4 aromatic rings. The molecule has 0 atom stereocenters. The average Bonchev–Trinajstić information content (AvgIpc) is 2.65. The molecule has 1 aliphatic carbocycles. The third-order valence-electron chi connectivity index (χ3n) is 15.2. The zero-order valence-electron chi connectivity index (χ0n) is 52.4. The van der Waals surface area contributed by atoms with Crippen molar-refractivity contribution in [2.24, 2.45) is 15.8 Å². The van der Waals surface area contributed by atoms with Crippen LogP contribution in [0.15, 0.2) is 84.8 Å². The topological polar surface area (TPSA) is 225 Å². The van der Waals surface area contributed by atoms with Gasteiger partial charge in [-0.1, -0.05) is 137 Å². The number of carbonyl (C=O) groups is 2. The Morgan fingerprint density at radius 1 is 0.571 bits per heavy atom. The van der Waals surface area contributed by atoms with Gasteiger partial charge in [-0.2, -0.15) is 8.42 Å². The van der Waals surface area contributed by atoms with Crippen molar-refractivity contribution >= 4 is 81.4 Å². The van der Waals surface area contributed by atoms with Crippen LogP contribution in [0.5, 0.6) is 0 Å². The van der Waals surface area contributed by atoms with Crippen molar-refractivity contribution < 1.29 is 43.8 Å². The number of hydrogen-bond donors (Lipinski definition) is 4. The summed E-state index contributed by atoms with van der Waals surface area (Å²) in [6.45, 7) is 27.6. The monoisotopic (exact) mass is 1210 g/mol. The molecule has 2 amide bonds. The number of fused-ring (bicyclic) bond motifs is 2. The van der Waals surface area contributed by atoms with E-state index < -0.39 is 35.1 Å². The average molecular weight is 1210 g/mol. The van der Waals surface area contributed by atoms with Crippen LogP contribution in [0, 0.1) is 52.4 Å². The largest absolute Gasteiger partial charge is 0.456 e. The summed E-state index contributed by atoms with van der Waals surface area (Å²) in [6, 6.07) is 15.3. The molecule has 0 radical (unpaired) electrons. The standard InChI is InChI=1S/C65H90N6O10S3/c1-17-19-21-23-27-31-70(15)82(74,75)55-35-48-52(37-50(55)66-60-41(3)33-43(5)62(45(60)7)68-57(72)39-64(9,10)11)81-53-38-51(67-61-42(4)34-44(6)63(46(61)8)69-58(73)40-65(12,13)14)56(83(76,77)71(16)32-28-24-22-20-18-2)36-49(53)59(48)47-29-25-26-30-54(47)84(78,79)80/h25-26,29-30,33-38,66H,17-24,27-28,31-32,39-40H2,1-16H3,(H,68,72)(H,69,73)(H,78,79,80)/b67-51+. The summed E-state index contributed by atoms with van der Waals surface area (Å²) in [5.41, 5.74) is 5.90. The SMILES string of the molecule is CCCCCCCN(C)S(=O)(=O)c1cc2c(-c3ccccc3S(=O)(=O)O)c3cc(S(=O)(=O)N(C)CCCCCCC)/c(=N/c4c(C)cc(C)c(NC(=O)CC(C)(C)C)c4C)cc-3oc2cc1Nc1c(C)cc(C)c(NC(=O)CC(C)(C)C)c1C. The van der Waals surface area contributed by atoms with E-state index in [9.17, 15) is 22.6 Å². The number of unbranched alkanes of at least 4 members (excludes halogenated alkanes) is 8. The molecule has 0 saturated heterocycles. The molecule has 16 nitrogen and oxygen atoms in total. The molecule has 458 valence electrons. The van der Waals surface area contributed by atoms with E-state index in [0.29, 0.717) is 52.3 Å². The first-order chi connectivity index (χ1) is 39.1. The number of sulfonamides is 2. The number of anilines is 4. The second-order valence-corrected chi connectivity index (χ2v) is 30.6. The van der Waals surface area contributed by atoms with E-state index in [1.54, 1.807) is 6.07 Å². The molecule has 4 N–H and O–H groups in total. The van der Waals surface area contributed by atoms with Gasteiger partial charge in [-0.3, -0.25) is 14.1 Å². The molecule has 0 bridgehead atoms. The molecule has 1 aliphatic heterocycles. The Balaban J connectivity index is 1.79. The van der Waals surface area contributed by atoms with Crippen LogP contribution in [0.3, 0.4) is 0 Å². The van der Waals surface area contributed by atoms with Gasteiger partial charge in [0.2, 0.25) is 31.9 Å². The van der Waals surface area contributed by atoms with E-state index >= 15 is 16.8 Å². The van der Waals surface area contributed by atoms with Crippen LogP contribution < -0.4 is 21.3 Å². The first kappa shape index (κ1) is 67.2. The van der Waals surface area contributed by atoms with Crippen LogP contribution in [0.4, 0.5) is 28.4 Å². The first-order valence-electron chi connectivity index (χ1n) is 29.3. The van der Waals surface area contributed by atoms with E-state index in [4.69, 9.17) is 9.41 Å². The summed E-state index contributed by atoms with van der Waals surface area (Å²) in [5, 5.41) is 9.71. The van der Waals surface area contributed by atoms with Gasteiger partial charge in [0.25, 0.3) is 10.1 Å². The fraction of sp³-hybridized carbons (Fsp3) is 0.492. The molecule has 2 aliphatic rings. The number of aryl methyl sites for hydroxylation is 4. The van der Waals surface area contributed by atoms with E-state index in [0.717, 1.165) is 68.1 Å². The van der Waals surface area contributed by atoms with Gasteiger partial charge < -0.3 is 20.4 Å². The van der Waals surface area contributed by atoms with Gasteiger partial charge in [0, 0.05) is 91.3 Å². The maximum Gasteiger partial charge on any atom is 0.295 e. The molecule has 19 heteroatoms. The number of nitrogens with zero attached hydrogens (tertiary/aromatic N) is 3. The van der Waals surface area contributed by atoms with Gasteiger partial charge in [-0.15, -0.1) is 0 Å². The molecule has 6 rings (SSSR count). The van der Waals surface area contributed by atoms with Gasteiger partial charge in [-0.05, 0) is 117 Å². The van der Waals surface area contributed by atoms with Crippen molar-refractivity contribution in [1.82, 2.24) is 8.61 Å². The summed E-state index contributed by atoms with van der Waals surface area (Å²) < 4.78 is 109. The second kappa shape index (κ2) is 27.2. The zero-order chi connectivity index (χ0) is 62.4. The predicted octanol–water partition coefficient (Wildman–Crippen LogP) is 15.2. The molecule has 0 unspecified atom stereocenters. The highest BCUT2D eigenvalue weighted by molar-refractivity contribution is 7.89. The van der Waals surface area contributed by atoms with E-state index in [-0.39, 0.29) is 103 Å². The van der Waals surface area contributed by atoms with E-state index in [1.165, 1.54) is 65.2 Å². The Morgan fingerprint density at radius 2 is 1.06 bits per heavy atom. The van der Waals surface area contributed by atoms with Crippen LogP contribution in [-0.2, 0) is 39.8 Å². The third kappa shape index (κ3) is 16.1. The number of benzene rings is 5. The minimum absolute atomic E-state index is 0.0236. The zero-order valence-corrected chi connectivity index (χ0v) is 54.8. The van der Waals surface area contributed by atoms with E-state index in [2.05, 4.69) is 29.8 Å². The molecule has 0 spiro atoms. The van der Waals surface area contributed by atoms with Crippen molar-refractivity contribution in [2.75, 3.05) is 43.1 Å². The molecule has 1 heterocycles. The lowest BCUT2D eigenvalue weighted by Gasteiger charge is -2.25. The minimum atomic E-state index is -5.00. The number of rotatable bonds is 25. The van der Waals surface area contributed by atoms with Crippen molar-refractivity contribution in [1.29, 1.82) is 0 Å². The smallest absolute Gasteiger partial charge is 0.295 e. The van der Waals surface area contributed by atoms with Crippen molar-refractivity contribution in [3.8, 4) is 22.5 Å². The summed E-state index contributed by atoms with van der Waals surface area (Å²) >= 11 is 0. The normalized spacial score (nSPS) is 13.0. The number of carbonyl (C=O) groups excluding carboxylic acids is 2. The van der Waals surface area contributed by atoms with Crippen molar-refractivity contribution in [2.45, 2.75) is 189 Å². The van der Waals surface area contributed by atoms with Crippen LogP contribution >= 0.6 is 0 Å². The molecular formula is C65H90N6O10S3. The Hall–Kier alpha value is -5.96. The Labute approximate surface area is 500 Å². The van der Waals surface area contributed by atoms with Crippen molar-refractivity contribution in [3.63, 3.8) is 0 Å². The molecular weight excluding hydrogens is 1120 g/mol. The first-order valence-corrected chi connectivity index (χ1v) is 33.6. The molecule has 0 aromatic heterocycles. The third-order valence-corrected chi connectivity index (χ3v) is 19.9. The molecule has 4 aromatic carbocycles. The molecule has 84 heavy (non-hydrogen) atoms. The summed E-state index contributed by atoms with van der Waals surface area (Å²) in [6.07, 6.45) is 9.13. The number of amides is 2. The van der Waals surface area contributed by atoms with E-state index in [1.807, 2.05) is 95.2 Å². The highest BCUT2D eigenvalue weighted by Gasteiger charge is 2.33. The van der Waals surface area contributed by atoms with Gasteiger partial charge in [0.1, 0.15) is 26.0 Å². The Kier molecular flexibility index (Phi) is 21.7.